The summed E-state index contributed by atoms with van der Waals surface area (Å²) in [4.78, 5) is 3.02. The number of aromatic hydroxyl groups is 1. The van der Waals surface area contributed by atoms with Crippen molar-refractivity contribution in [3.05, 3.63) is 65.1 Å². The summed E-state index contributed by atoms with van der Waals surface area (Å²) in [7, 11) is 0. The number of nitrogens with one attached hydrogen (secondary N) is 2. The molecule has 0 atom stereocenters. The van der Waals surface area contributed by atoms with E-state index < -0.39 is 0 Å². The lowest BCUT2D eigenvalue weighted by molar-refractivity contribution is 0.482. The van der Waals surface area contributed by atoms with Crippen molar-refractivity contribution in [3.63, 3.8) is 0 Å². The lowest BCUT2D eigenvalue weighted by Gasteiger charge is -2.07. The van der Waals surface area contributed by atoms with Crippen LogP contribution in [-0.2, 0) is 0 Å². The molecule has 3 aromatic carbocycles. The Morgan fingerprint density at radius 2 is 1.85 bits per heavy atom. The third kappa shape index (κ3) is 3.18. The molecule has 0 radical (unpaired) electrons. The highest BCUT2D eigenvalue weighted by Crippen LogP contribution is 2.36. The van der Waals surface area contributed by atoms with E-state index in [0.717, 1.165) is 26.4 Å². The molecular weight excluding hydrogens is 412 g/mol. The summed E-state index contributed by atoms with van der Waals surface area (Å²) in [6, 6.07) is 19.5. The topological polar surface area (TPSA) is 72.8 Å². The van der Waals surface area contributed by atoms with E-state index in [9.17, 15) is 5.11 Å². The molecule has 1 heterocycles. The summed E-state index contributed by atoms with van der Waals surface area (Å²) in [5.41, 5.74) is 1.63. The van der Waals surface area contributed by atoms with Crippen molar-refractivity contribution < 1.29 is 5.11 Å². The van der Waals surface area contributed by atoms with E-state index in [-0.39, 0.29) is 16.7 Å². The second kappa shape index (κ2) is 6.86. The fourth-order valence-electron chi connectivity index (χ4n) is 2.78. The van der Waals surface area contributed by atoms with E-state index in [2.05, 4.69) is 36.5 Å². The van der Waals surface area contributed by atoms with E-state index in [0.29, 0.717) is 5.39 Å². The molecule has 0 aliphatic carbocycles. The van der Waals surface area contributed by atoms with Crippen LogP contribution in [0.25, 0.3) is 21.7 Å². The molecule has 1 aromatic heterocycles. The van der Waals surface area contributed by atoms with Gasteiger partial charge in [0.15, 0.2) is 11.6 Å². The zero-order chi connectivity index (χ0) is 18.1. The quantitative estimate of drug-likeness (QED) is 0.262. The van der Waals surface area contributed by atoms with Crippen LogP contribution in [0.1, 0.15) is 0 Å². The van der Waals surface area contributed by atoms with Crippen molar-refractivity contribution in [2.75, 3.05) is 5.32 Å². The SMILES string of the molecule is Oc1c(/N=N/C(=S)Nc2cccc3ccccc23)[nH]c2ccc(Br)cc12. The van der Waals surface area contributed by atoms with Gasteiger partial charge in [0.25, 0.3) is 0 Å². The molecule has 4 rings (SSSR count). The van der Waals surface area contributed by atoms with E-state index in [4.69, 9.17) is 12.2 Å². The fourth-order valence-corrected chi connectivity index (χ4v) is 3.29. The molecule has 0 saturated heterocycles. The maximum absolute atomic E-state index is 10.3. The molecule has 0 fully saturated rings. The first-order chi connectivity index (χ1) is 12.6. The minimum atomic E-state index is 0.0398. The van der Waals surface area contributed by atoms with Gasteiger partial charge in [-0.05, 0) is 41.9 Å². The number of thiocarbonyl (C=S) groups is 1. The van der Waals surface area contributed by atoms with Crippen molar-refractivity contribution in [1.29, 1.82) is 0 Å². The maximum atomic E-state index is 10.3. The molecule has 3 N–H and O–H groups in total. The number of hydrogen-bond acceptors (Lipinski definition) is 3. The maximum Gasteiger partial charge on any atom is 0.218 e. The summed E-state index contributed by atoms with van der Waals surface area (Å²) in [6.45, 7) is 0. The Bertz CT molecular complexity index is 1160. The molecule has 0 bridgehead atoms. The normalized spacial score (nSPS) is 11.4. The van der Waals surface area contributed by atoms with Gasteiger partial charge in [-0.25, -0.2) is 0 Å². The third-order valence-electron chi connectivity index (χ3n) is 3.99. The largest absolute Gasteiger partial charge is 0.504 e. The lowest BCUT2D eigenvalue weighted by Crippen LogP contribution is -2.05. The zero-order valence-corrected chi connectivity index (χ0v) is 15.8. The van der Waals surface area contributed by atoms with Gasteiger partial charge in [0.1, 0.15) is 0 Å². The fraction of sp³-hybridized carbons (Fsp3) is 0. The number of benzene rings is 3. The van der Waals surface area contributed by atoms with Gasteiger partial charge in [-0.3, -0.25) is 0 Å². The van der Waals surface area contributed by atoms with Crippen LogP contribution in [0, 0.1) is 0 Å². The highest BCUT2D eigenvalue weighted by molar-refractivity contribution is 9.10. The molecule has 0 spiro atoms. The monoisotopic (exact) mass is 424 g/mol. The number of H-pyrrole nitrogens is 1. The number of aromatic amines is 1. The molecule has 5 nitrogen and oxygen atoms in total. The second-order valence-corrected chi connectivity index (χ2v) is 6.97. The average Bonchev–Trinajstić information content (AvgIpc) is 2.96. The Labute approximate surface area is 162 Å². The van der Waals surface area contributed by atoms with Crippen LogP contribution in [0.3, 0.4) is 0 Å². The van der Waals surface area contributed by atoms with Gasteiger partial charge >= 0.3 is 0 Å². The lowest BCUT2D eigenvalue weighted by atomic mass is 10.1. The van der Waals surface area contributed by atoms with Gasteiger partial charge in [-0.2, -0.15) is 0 Å². The smallest absolute Gasteiger partial charge is 0.218 e. The van der Waals surface area contributed by atoms with Crippen LogP contribution in [0.2, 0.25) is 0 Å². The van der Waals surface area contributed by atoms with E-state index >= 15 is 0 Å². The third-order valence-corrected chi connectivity index (χ3v) is 4.66. The zero-order valence-electron chi connectivity index (χ0n) is 13.4. The van der Waals surface area contributed by atoms with Gasteiger partial charge in [-0.15, -0.1) is 10.2 Å². The highest BCUT2D eigenvalue weighted by Gasteiger charge is 2.10. The molecule has 0 amide bonds. The van der Waals surface area contributed by atoms with Crippen molar-refractivity contribution in [3.8, 4) is 5.75 Å². The second-order valence-electron chi connectivity index (χ2n) is 5.67. The van der Waals surface area contributed by atoms with Crippen LogP contribution >= 0.6 is 28.1 Å². The average molecular weight is 425 g/mol. The summed E-state index contributed by atoms with van der Waals surface area (Å²) < 4.78 is 0.871. The minimum Gasteiger partial charge on any atom is -0.504 e. The summed E-state index contributed by atoms with van der Waals surface area (Å²) in [6.07, 6.45) is 0. The Hall–Kier alpha value is -2.77. The first kappa shape index (κ1) is 16.7. The van der Waals surface area contributed by atoms with Gasteiger partial charge in [0.05, 0.1) is 5.52 Å². The number of rotatable bonds is 2. The van der Waals surface area contributed by atoms with Crippen molar-refractivity contribution in [2.24, 2.45) is 10.2 Å². The Balaban J connectivity index is 1.59. The van der Waals surface area contributed by atoms with Crippen LogP contribution in [0.4, 0.5) is 11.5 Å². The standard InChI is InChI=1S/C19H13BrN4OS/c20-12-8-9-16-14(10-12)17(25)18(21-16)23-24-19(26)22-15-7-3-5-11-4-1-2-6-13(11)15/h1-10,21,25H,(H,22,26)/b24-23+. The molecule has 0 aliphatic heterocycles. The van der Waals surface area contributed by atoms with Crippen LogP contribution in [-0.4, -0.2) is 15.2 Å². The van der Waals surface area contributed by atoms with Gasteiger partial charge in [0, 0.05) is 20.9 Å². The molecule has 128 valence electrons. The first-order valence-corrected chi connectivity index (χ1v) is 9.02. The van der Waals surface area contributed by atoms with Crippen molar-refractivity contribution >= 4 is 66.4 Å². The number of aromatic nitrogens is 1. The number of anilines is 1. The number of hydrogen-bond donors (Lipinski definition) is 3. The molecule has 0 saturated carbocycles. The van der Waals surface area contributed by atoms with E-state index in [1.54, 1.807) is 0 Å². The molecule has 7 heteroatoms. The van der Waals surface area contributed by atoms with E-state index in [1.165, 1.54) is 0 Å². The van der Waals surface area contributed by atoms with Crippen molar-refractivity contribution in [1.82, 2.24) is 4.98 Å². The minimum absolute atomic E-state index is 0.0398. The summed E-state index contributed by atoms with van der Waals surface area (Å²) in [5.74, 6) is 0.304. The van der Waals surface area contributed by atoms with E-state index in [1.807, 2.05) is 60.7 Å². The summed E-state index contributed by atoms with van der Waals surface area (Å²) >= 11 is 8.65. The Morgan fingerprint density at radius 3 is 2.73 bits per heavy atom. The molecule has 0 aliphatic rings. The van der Waals surface area contributed by atoms with Gasteiger partial charge in [0.2, 0.25) is 5.11 Å². The molecule has 26 heavy (non-hydrogen) atoms. The van der Waals surface area contributed by atoms with Crippen LogP contribution < -0.4 is 5.32 Å². The molecular formula is C19H13BrN4OS. The number of nitrogens with zero attached hydrogens (tertiary/aromatic N) is 2. The molecule has 4 aromatic rings. The Kier molecular flexibility index (Phi) is 4.40. The molecule has 0 unspecified atom stereocenters. The summed E-state index contributed by atoms with van der Waals surface area (Å²) in [5, 5.41) is 24.5. The Morgan fingerprint density at radius 1 is 1.04 bits per heavy atom. The van der Waals surface area contributed by atoms with Crippen LogP contribution in [0.5, 0.6) is 5.75 Å². The predicted octanol–water partition coefficient (Wildman–Crippen LogP) is 6.27. The van der Waals surface area contributed by atoms with Crippen molar-refractivity contribution in [2.45, 2.75) is 0 Å². The number of azo groups is 1. The highest BCUT2D eigenvalue weighted by atomic mass is 79.9. The van der Waals surface area contributed by atoms with Crippen LogP contribution in [0.15, 0.2) is 75.4 Å². The first-order valence-electron chi connectivity index (χ1n) is 7.82. The van der Waals surface area contributed by atoms with Gasteiger partial charge in [-0.1, -0.05) is 52.3 Å². The number of fused-ring (bicyclic) bond motifs is 2. The van der Waals surface area contributed by atoms with Gasteiger partial charge < -0.3 is 15.4 Å². The predicted molar refractivity (Wildman–Crippen MR) is 112 cm³/mol. The number of halogens is 1.